The predicted octanol–water partition coefficient (Wildman–Crippen LogP) is 3.48. The van der Waals surface area contributed by atoms with Gasteiger partial charge in [0.1, 0.15) is 12.1 Å². The minimum Gasteiger partial charge on any atom is -0.444 e. The molecule has 8 nitrogen and oxygen atoms in total. The third-order valence-corrected chi connectivity index (χ3v) is 8.13. The molecule has 0 radical (unpaired) electrons. The second-order valence-electron chi connectivity index (χ2n) is 8.48. The lowest BCUT2D eigenvalue weighted by atomic mass is 10.1. The van der Waals surface area contributed by atoms with E-state index in [9.17, 15) is 31.2 Å². The number of amidine groups is 1. The van der Waals surface area contributed by atoms with Gasteiger partial charge in [0.25, 0.3) is 5.91 Å². The average molecular weight is 528 g/mol. The van der Waals surface area contributed by atoms with E-state index in [0.29, 0.717) is 0 Å². The molecule has 3 rings (SSSR count). The lowest BCUT2D eigenvalue weighted by Crippen LogP contribution is -2.39. The van der Waals surface area contributed by atoms with Gasteiger partial charge in [-0.05, 0) is 39.0 Å². The molecule has 182 valence electrons. The highest BCUT2D eigenvalue weighted by Gasteiger charge is 2.50. The number of benzene rings is 1. The molecule has 2 aliphatic heterocycles. The molecule has 1 aromatic rings. The Morgan fingerprint density at radius 2 is 1.94 bits per heavy atom. The van der Waals surface area contributed by atoms with E-state index < -0.39 is 57.0 Å². The van der Waals surface area contributed by atoms with E-state index in [1.165, 1.54) is 4.90 Å². The zero-order chi connectivity index (χ0) is 24.8. The molecule has 0 bridgehead atoms. The topological polar surface area (TPSA) is 105 Å². The van der Waals surface area contributed by atoms with Gasteiger partial charge < -0.3 is 15.0 Å². The summed E-state index contributed by atoms with van der Waals surface area (Å²) in [5, 5.41) is 1.68. The number of alkyl carbamates (subject to hydrolysis) is 1. The molecule has 1 N–H and O–H groups in total. The summed E-state index contributed by atoms with van der Waals surface area (Å²) in [5.41, 5.74) is -1.86. The second kappa shape index (κ2) is 8.99. The molecule has 0 unspecified atom stereocenters. The van der Waals surface area contributed by atoms with E-state index in [2.05, 4.69) is 10.3 Å². The molecule has 1 aromatic carbocycles. The van der Waals surface area contributed by atoms with Crippen LogP contribution >= 0.6 is 23.4 Å². The van der Waals surface area contributed by atoms with Crippen LogP contribution in [0, 0.1) is 0 Å². The Kier molecular flexibility index (Phi) is 6.98. The van der Waals surface area contributed by atoms with Crippen molar-refractivity contribution in [3.8, 4) is 0 Å². The molecule has 0 saturated carbocycles. The largest absolute Gasteiger partial charge is 0.444 e. The number of hydrogen-bond acceptors (Lipinski definition) is 6. The number of carbonyl (C=O) groups excluding carboxylic acids is 2. The van der Waals surface area contributed by atoms with E-state index in [4.69, 9.17) is 16.3 Å². The van der Waals surface area contributed by atoms with Crippen molar-refractivity contribution in [3.63, 3.8) is 0 Å². The standard InChI is InChI=1S/C19H21ClF3N3O5S2/c1-18(2,3)31-17(28)24-7-15(27)25-16-26(13-8-33(29,30)9-14(13)32-16)12-6-10(19(21,22)23)4-5-11(12)20/h4-6,13-14H,7-9H2,1-3H3,(H,24,28)/t13-,14-/m0/s1. The molecular weight excluding hydrogens is 507 g/mol. The van der Waals surface area contributed by atoms with Crippen LogP contribution in [0.15, 0.2) is 23.2 Å². The SMILES string of the molecule is CC(C)(C)OC(=O)NCC(=O)N=C1S[C@H]2CS(=O)(=O)C[C@@H]2N1c1cc(C(F)(F)F)ccc1Cl. The first kappa shape index (κ1) is 25.6. The van der Waals surface area contributed by atoms with Gasteiger partial charge in [-0.15, -0.1) is 0 Å². The molecule has 2 aliphatic rings. The summed E-state index contributed by atoms with van der Waals surface area (Å²) in [7, 11) is -3.43. The monoisotopic (exact) mass is 527 g/mol. The number of thioether (sulfide) groups is 1. The lowest BCUT2D eigenvalue weighted by molar-refractivity contribution is -0.137. The molecule has 14 heteroatoms. The number of anilines is 1. The Morgan fingerprint density at radius 1 is 1.27 bits per heavy atom. The van der Waals surface area contributed by atoms with Gasteiger partial charge in [-0.25, -0.2) is 13.2 Å². The second-order valence-corrected chi connectivity index (χ2v) is 12.2. The van der Waals surface area contributed by atoms with E-state index in [0.717, 1.165) is 30.0 Å². The number of ether oxygens (including phenoxy) is 1. The highest BCUT2D eigenvalue weighted by Crippen LogP contribution is 2.44. The Hall–Kier alpha value is -1.99. The van der Waals surface area contributed by atoms with Gasteiger partial charge in [0.05, 0.1) is 33.8 Å². The number of nitrogens with zero attached hydrogens (tertiary/aromatic N) is 2. The number of nitrogens with one attached hydrogen (secondary N) is 1. The summed E-state index contributed by atoms with van der Waals surface area (Å²) < 4.78 is 69.1. The number of rotatable bonds is 3. The first-order valence-electron chi connectivity index (χ1n) is 9.67. The van der Waals surface area contributed by atoms with Crippen LogP contribution in [0.2, 0.25) is 5.02 Å². The Labute approximate surface area is 197 Å². The van der Waals surface area contributed by atoms with Crippen molar-refractivity contribution in [2.75, 3.05) is 23.0 Å². The zero-order valence-corrected chi connectivity index (χ0v) is 20.2. The Bertz CT molecular complexity index is 1100. The van der Waals surface area contributed by atoms with Crippen LogP contribution in [0.5, 0.6) is 0 Å². The first-order chi connectivity index (χ1) is 15.1. The fraction of sp³-hybridized carbons (Fsp3) is 0.526. The summed E-state index contributed by atoms with van der Waals surface area (Å²) >= 11 is 7.15. The summed E-state index contributed by atoms with van der Waals surface area (Å²) in [5.74, 6) is -1.32. The van der Waals surface area contributed by atoms with Gasteiger partial charge >= 0.3 is 12.3 Å². The van der Waals surface area contributed by atoms with E-state index in [-0.39, 0.29) is 27.4 Å². The minimum atomic E-state index is -4.65. The van der Waals surface area contributed by atoms with E-state index >= 15 is 0 Å². The minimum absolute atomic E-state index is 0.0112. The Morgan fingerprint density at radius 3 is 2.55 bits per heavy atom. The summed E-state index contributed by atoms with van der Waals surface area (Å²) in [4.78, 5) is 29.3. The van der Waals surface area contributed by atoms with Gasteiger partial charge in [0.2, 0.25) is 0 Å². The molecule has 0 spiro atoms. The van der Waals surface area contributed by atoms with Crippen LogP contribution in [0.1, 0.15) is 26.3 Å². The fourth-order valence-electron chi connectivity index (χ4n) is 3.33. The van der Waals surface area contributed by atoms with Gasteiger partial charge in [-0.2, -0.15) is 18.2 Å². The molecule has 0 aromatic heterocycles. The number of amides is 2. The van der Waals surface area contributed by atoms with Crippen molar-refractivity contribution in [1.82, 2.24) is 5.32 Å². The fourth-order valence-corrected chi connectivity index (χ4v) is 7.46. The molecule has 2 fully saturated rings. The van der Waals surface area contributed by atoms with Crippen molar-refractivity contribution in [2.45, 2.75) is 43.8 Å². The molecule has 33 heavy (non-hydrogen) atoms. The van der Waals surface area contributed by atoms with Crippen molar-refractivity contribution in [2.24, 2.45) is 4.99 Å². The van der Waals surface area contributed by atoms with Crippen LogP contribution in [0.3, 0.4) is 0 Å². The van der Waals surface area contributed by atoms with Crippen molar-refractivity contribution >= 4 is 56.1 Å². The maximum Gasteiger partial charge on any atom is 0.416 e. The number of alkyl halides is 3. The van der Waals surface area contributed by atoms with E-state index in [1.807, 2.05) is 0 Å². The van der Waals surface area contributed by atoms with Crippen molar-refractivity contribution in [1.29, 1.82) is 0 Å². The quantitative estimate of drug-likeness (QED) is 0.641. The number of sulfone groups is 1. The van der Waals surface area contributed by atoms with Gasteiger partial charge in [-0.3, -0.25) is 4.79 Å². The third kappa shape index (κ3) is 6.33. The highest BCUT2D eigenvalue weighted by molar-refractivity contribution is 8.16. The molecule has 2 amide bonds. The summed E-state index contributed by atoms with van der Waals surface area (Å²) in [6.07, 6.45) is -5.49. The normalized spacial score (nSPS) is 23.5. The van der Waals surface area contributed by atoms with Crippen molar-refractivity contribution in [3.05, 3.63) is 28.8 Å². The van der Waals surface area contributed by atoms with Crippen LogP contribution in [-0.2, 0) is 25.5 Å². The number of halogens is 4. The smallest absolute Gasteiger partial charge is 0.416 e. The predicted molar refractivity (Wildman–Crippen MR) is 119 cm³/mol. The lowest BCUT2D eigenvalue weighted by Gasteiger charge is -2.26. The van der Waals surface area contributed by atoms with Crippen LogP contribution in [0.25, 0.3) is 0 Å². The van der Waals surface area contributed by atoms with Crippen molar-refractivity contribution < 1.29 is 35.9 Å². The summed E-state index contributed by atoms with van der Waals surface area (Å²) in [6.45, 7) is 4.42. The number of fused-ring (bicyclic) bond motifs is 1. The van der Waals surface area contributed by atoms with Gasteiger partial charge in [-0.1, -0.05) is 23.4 Å². The average Bonchev–Trinajstić information content (AvgIpc) is 3.09. The maximum absolute atomic E-state index is 13.3. The molecule has 2 heterocycles. The molecule has 0 aliphatic carbocycles. The zero-order valence-electron chi connectivity index (χ0n) is 17.8. The molecule has 2 saturated heterocycles. The molecular formula is C19H21ClF3N3O5S2. The van der Waals surface area contributed by atoms with Crippen LogP contribution in [0.4, 0.5) is 23.7 Å². The van der Waals surface area contributed by atoms with E-state index in [1.54, 1.807) is 20.8 Å². The first-order valence-corrected chi connectivity index (χ1v) is 12.7. The number of carbonyl (C=O) groups is 2. The maximum atomic E-state index is 13.3. The number of hydrogen-bond donors (Lipinski definition) is 1. The van der Waals surface area contributed by atoms with Gasteiger partial charge in [0, 0.05) is 5.25 Å². The molecule has 2 atom stereocenters. The Balaban J connectivity index is 1.90. The third-order valence-electron chi connectivity index (χ3n) is 4.60. The number of aliphatic imine (C=N–C) groups is 1. The van der Waals surface area contributed by atoms with Gasteiger partial charge in [0.15, 0.2) is 15.0 Å². The summed E-state index contributed by atoms with van der Waals surface area (Å²) in [6, 6.07) is 1.93. The van der Waals surface area contributed by atoms with Crippen LogP contribution in [-0.4, -0.2) is 60.5 Å². The van der Waals surface area contributed by atoms with Crippen LogP contribution < -0.4 is 10.2 Å². The highest BCUT2D eigenvalue weighted by atomic mass is 35.5.